The monoisotopic (exact) mass is 206 g/mol. The highest BCUT2D eigenvalue weighted by Gasteiger charge is 2.75. The summed E-state index contributed by atoms with van der Waals surface area (Å²) in [6, 6.07) is 0. The van der Waals surface area contributed by atoms with Gasteiger partial charge in [0, 0.05) is 0 Å². The van der Waals surface area contributed by atoms with Crippen molar-refractivity contribution in [1.29, 1.82) is 0 Å². The Morgan fingerprint density at radius 2 is 2.00 bits per heavy atom. The second-order valence-corrected chi connectivity index (χ2v) is 7.00. The molecule has 0 aromatic rings. The zero-order valence-corrected chi connectivity index (χ0v) is 9.51. The van der Waals surface area contributed by atoms with E-state index in [1.54, 1.807) is 0 Å². The molecule has 1 heterocycles. The Balaban J connectivity index is 1.89. The van der Waals surface area contributed by atoms with Crippen molar-refractivity contribution in [2.45, 2.75) is 51.6 Å². The third kappa shape index (κ3) is 0.724. The van der Waals surface area contributed by atoms with Crippen molar-refractivity contribution < 1.29 is 9.53 Å². The van der Waals surface area contributed by atoms with Crippen LogP contribution in [0.1, 0.15) is 46.0 Å². The van der Waals surface area contributed by atoms with Gasteiger partial charge in [0.15, 0.2) is 0 Å². The fraction of sp³-hybridized carbons (Fsp3) is 0.923. The summed E-state index contributed by atoms with van der Waals surface area (Å²) >= 11 is 0. The van der Waals surface area contributed by atoms with Gasteiger partial charge in [0.2, 0.25) is 0 Å². The maximum Gasteiger partial charge on any atom is 0.310 e. The molecular weight excluding hydrogens is 188 g/mol. The fourth-order valence-electron chi connectivity index (χ4n) is 5.64. The van der Waals surface area contributed by atoms with Crippen molar-refractivity contribution in [2.24, 2.45) is 22.7 Å². The molecule has 5 atom stereocenters. The zero-order valence-electron chi connectivity index (χ0n) is 9.51. The van der Waals surface area contributed by atoms with Crippen LogP contribution in [-0.4, -0.2) is 11.6 Å². The van der Waals surface area contributed by atoms with Gasteiger partial charge in [-0.05, 0) is 55.8 Å². The van der Waals surface area contributed by atoms with E-state index in [1.807, 2.05) is 0 Å². The first kappa shape index (κ1) is 8.60. The average Bonchev–Trinajstić information content (AvgIpc) is 2.25. The summed E-state index contributed by atoms with van der Waals surface area (Å²) < 4.78 is 5.68. The van der Waals surface area contributed by atoms with E-state index >= 15 is 0 Å². The molecule has 0 aromatic heterocycles. The van der Waals surface area contributed by atoms with Crippen molar-refractivity contribution in [3.63, 3.8) is 0 Å². The third-order valence-corrected chi connectivity index (χ3v) is 5.96. The minimum absolute atomic E-state index is 0.113. The molecule has 4 aliphatic rings. The largest absolute Gasteiger partial charge is 0.459 e. The van der Waals surface area contributed by atoms with E-state index in [2.05, 4.69) is 13.8 Å². The van der Waals surface area contributed by atoms with Crippen LogP contribution in [0.5, 0.6) is 0 Å². The Bertz CT molecular complexity index is 377. The van der Waals surface area contributed by atoms with E-state index in [0.717, 1.165) is 25.2 Å². The molecule has 2 nitrogen and oxygen atoms in total. The SMILES string of the molecule is CC12CC3CC4(C)CC(C(=O)O1)[C@]4(C3)C2. The van der Waals surface area contributed by atoms with Crippen molar-refractivity contribution in [1.82, 2.24) is 0 Å². The van der Waals surface area contributed by atoms with E-state index in [1.165, 1.54) is 12.8 Å². The summed E-state index contributed by atoms with van der Waals surface area (Å²) in [5.74, 6) is 1.19. The van der Waals surface area contributed by atoms with Crippen LogP contribution in [0.25, 0.3) is 0 Å². The molecule has 0 radical (unpaired) electrons. The highest BCUT2D eigenvalue weighted by molar-refractivity contribution is 5.77. The van der Waals surface area contributed by atoms with Gasteiger partial charge in [-0.1, -0.05) is 6.92 Å². The van der Waals surface area contributed by atoms with E-state index in [4.69, 9.17) is 4.74 Å². The van der Waals surface area contributed by atoms with Gasteiger partial charge in [-0.3, -0.25) is 4.79 Å². The summed E-state index contributed by atoms with van der Waals surface area (Å²) in [6.45, 7) is 4.56. The highest BCUT2D eigenvalue weighted by Crippen LogP contribution is 2.78. The molecule has 1 spiro atoms. The fourth-order valence-corrected chi connectivity index (χ4v) is 5.64. The number of rotatable bonds is 0. The first-order valence-electron chi connectivity index (χ1n) is 6.19. The molecule has 4 rings (SSSR count). The molecule has 1 saturated heterocycles. The summed E-state index contributed by atoms with van der Waals surface area (Å²) in [5.41, 5.74) is 0.703. The van der Waals surface area contributed by atoms with Gasteiger partial charge in [-0.25, -0.2) is 0 Å². The molecule has 0 N–H and O–H groups in total. The van der Waals surface area contributed by atoms with Crippen molar-refractivity contribution in [3.05, 3.63) is 0 Å². The van der Waals surface area contributed by atoms with Crippen LogP contribution < -0.4 is 0 Å². The molecule has 4 unspecified atom stereocenters. The molecule has 15 heavy (non-hydrogen) atoms. The lowest BCUT2D eigenvalue weighted by Gasteiger charge is -2.64. The maximum absolute atomic E-state index is 12.0. The average molecular weight is 206 g/mol. The highest BCUT2D eigenvalue weighted by atomic mass is 16.6. The second-order valence-electron chi connectivity index (χ2n) is 7.00. The maximum atomic E-state index is 12.0. The van der Waals surface area contributed by atoms with E-state index in [9.17, 15) is 4.79 Å². The van der Waals surface area contributed by atoms with Crippen molar-refractivity contribution >= 4 is 5.97 Å². The number of carbonyl (C=O) groups excluding carboxylic acids is 1. The summed E-state index contributed by atoms with van der Waals surface area (Å²) in [4.78, 5) is 12.0. The first-order chi connectivity index (χ1) is 6.97. The Hall–Kier alpha value is -0.530. The van der Waals surface area contributed by atoms with Gasteiger partial charge in [0.1, 0.15) is 5.60 Å². The predicted octanol–water partition coefficient (Wildman–Crippen LogP) is 2.52. The standard InChI is InChI=1S/C13H18O2/c1-11-3-8-4-12(2)7-13(11,5-8)9(6-11)10(14)15-12/h8-9H,3-7H2,1-2H3/t8?,9?,11?,12?,13-/m0/s1. The number of hydrogen-bond donors (Lipinski definition) is 0. The molecule has 3 saturated carbocycles. The van der Waals surface area contributed by atoms with Gasteiger partial charge in [0.05, 0.1) is 5.92 Å². The first-order valence-corrected chi connectivity index (χ1v) is 6.19. The topological polar surface area (TPSA) is 26.3 Å². The lowest BCUT2D eigenvalue weighted by molar-refractivity contribution is -0.239. The minimum atomic E-state index is -0.116. The van der Waals surface area contributed by atoms with Crippen LogP contribution in [0, 0.1) is 22.7 Å². The lowest BCUT2D eigenvalue weighted by Crippen LogP contribution is -2.64. The Morgan fingerprint density at radius 1 is 1.20 bits per heavy atom. The van der Waals surface area contributed by atoms with Crippen LogP contribution in [0.4, 0.5) is 0 Å². The number of hydrogen-bond acceptors (Lipinski definition) is 2. The molecule has 2 heteroatoms. The normalized spacial score (nSPS) is 64.8. The molecule has 3 aliphatic carbocycles. The zero-order chi connectivity index (χ0) is 10.5. The van der Waals surface area contributed by atoms with Crippen LogP contribution >= 0.6 is 0 Å². The van der Waals surface area contributed by atoms with Crippen LogP contribution in [0.2, 0.25) is 0 Å². The second kappa shape index (κ2) is 1.99. The van der Waals surface area contributed by atoms with Gasteiger partial charge < -0.3 is 4.74 Å². The van der Waals surface area contributed by atoms with Crippen molar-refractivity contribution in [3.8, 4) is 0 Å². The molecular formula is C13H18O2. The molecule has 0 amide bonds. The molecule has 3 bridgehead atoms. The van der Waals surface area contributed by atoms with E-state index in [0.29, 0.717) is 10.8 Å². The summed E-state index contributed by atoms with van der Waals surface area (Å²) in [6.07, 6.45) is 6.00. The number of fused-ring (bicyclic) bond motifs is 2. The molecule has 1 aliphatic heterocycles. The van der Waals surface area contributed by atoms with Gasteiger partial charge in [0.25, 0.3) is 0 Å². The lowest BCUT2D eigenvalue weighted by atomic mass is 9.42. The van der Waals surface area contributed by atoms with Crippen LogP contribution in [0.3, 0.4) is 0 Å². The molecule has 0 aromatic carbocycles. The van der Waals surface area contributed by atoms with Crippen LogP contribution in [-0.2, 0) is 9.53 Å². The number of carbonyl (C=O) groups is 1. The number of ether oxygens (including phenoxy) is 1. The van der Waals surface area contributed by atoms with Gasteiger partial charge in [-0.2, -0.15) is 0 Å². The summed E-state index contributed by atoms with van der Waals surface area (Å²) in [7, 11) is 0. The van der Waals surface area contributed by atoms with E-state index < -0.39 is 0 Å². The number of esters is 1. The predicted molar refractivity (Wildman–Crippen MR) is 55.1 cm³/mol. The quantitative estimate of drug-likeness (QED) is 0.569. The molecule has 4 fully saturated rings. The smallest absolute Gasteiger partial charge is 0.310 e. The third-order valence-electron chi connectivity index (χ3n) is 5.96. The minimum Gasteiger partial charge on any atom is -0.459 e. The Kier molecular flexibility index (Phi) is 1.14. The Morgan fingerprint density at radius 3 is 2.80 bits per heavy atom. The van der Waals surface area contributed by atoms with E-state index in [-0.39, 0.29) is 17.5 Å². The van der Waals surface area contributed by atoms with Crippen LogP contribution in [0.15, 0.2) is 0 Å². The Labute approximate surface area is 90.4 Å². The van der Waals surface area contributed by atoms with Gasteiger partial charge in [-0.15, -0.1) is 0 Å². The molecule has 82 valence electrons. The summed E-state index contributed by atoms with van der Waals surface area (Å²) in [5, 5.41) is 0. The van der Waals surface area contributed by atoms with Gasteiger partial charge >= 0.3 is 5.97 Å². The van der Waals surface area contributed by atoms with Crippen molar-refractivity contribution in [2.75, 3.05) is 0 Å².